The van der Waals surface area contributed by atoms with Crippen LogP contribution in [0.3, 0.4) is 0 Å². The van der Waals surface area contributed by atoms with Crippen LogP contribution in [-0.2, 0) is 0 Å². The molecule has 6 heteroatoms. The lowest BCUT2D eigenvalue weighted by Gasteiger charge is -2.25. The fourth-order valence-electron chi connectivity index (χ4n) is 10.1. The minimum absolute atomic E-state index is 0.497. The Kier molecular flexibility index (Phi) is 7.44. The summed E-state index contributed by atoms with van der Waals surface area (Å²) in [6, 6.07) is 69.1. The van der Waals surface area contributed by atoms with E-state index in [2.05, 4.69) is 167 Å². The van der Waals surface area contributed by atoms with Crippen LogP contribution in [0.25, 0.3) is 118 Å². The summed E-state index contributed by atoms with van der Waals surface area (Å²) in [5, 5.41) is 33.2. The van der Waals surface area contributed by atoms with Crippen molar-refractivity contribution >= 4 is 107 Å². The van der Waals surface area contributed by atoms with Crippen LogP contribution < -0.4 is 0 Å². The number of para-hydroxylation sites is 2. The molecule has 0 aliphatic carbocycles. The largest absolute Gasteiger partial charge is 0.307 e. The van der Waals surface area contributed by atoms with Gasteiger partial charge in [-0.15, -0.1) is 22.7 Å². The lowest BCUT2D eigenvalue weighted by molar-refractivity contribution is 1.13. The Morgan fingerprint density at radius 1 is 0.355 bits per heavy atom. The molecule has 4 heterocycles. The predicted octanol–water partition coefficient (Wildman–Crippen LogP) is 15.7. The molecule has 286 valence electrons. The van der Waals surface area contributed by atoms with E-state index in [0.29, 0.717) is 33.6 Å². The molecule has 62 heavy (non-hydrogen) atoms. The molecule has 9 aromatic carbocycles. The second kappa shape index (κ2) is 13.3. The van der Waals surface area contributed by atoms with Gasteiger partial charge in [-0.25, -0.2) is 0 Å². The smallest absolute Gasteiger partial charge is 0.102 e. The first-order valence-corrected chi connectivity index (χ1v) is 22.2. The average molecular weight is 823 g/mol. The predicted molar refractivity (Wildman–Crippen MR) is 261 cm³/mol. The van der Waals surface area contributed by atoms with Crippen molar-refractivity contribution in [2.75, 3.05) is 0 Å². The Labute approximate surface area is 363 Å². The molecule has 4 nitrogen and oxygen atoms in total. The van der Waals surface area contributed by atoms with Crippen LogP contribution in [0.4, 0.5) is 0 Å². The highest BCUT2D eigenvalue weighted by Crippen LogP contribution is 2.51. The normalized spacial score (nSPS) is 11.8. The van der Waals surface area contributed by atoms with Crippen molar-refractivity contribution in [3.05, 3.63) is 193 Å². The van der Waals surface area contributed by atoms with Crippen molar-refractivity contribution in [3.8, 4) is 45.8 Å². The highest BCUT2D eigenvalue weighted by Gasteiger charge is 2.32. The first-order valence-electron chi connectivity index (χ1n) is 20.6. The molecular weight excluding hydrogens is 793 g/mol. The Balaban J connectivity index is 1.30. The van der Waals surface area contributed by atoms with Gasteiger partial charge in [0.15, 0.2) is 0 Å². The van der Waals surface area contributed by atoms with E-state index in [-0.39, 0.29) is 0 Å². The Hall–Kier alpha value is -8.00. The summed E-state index contributed by atoms with van der Waals surface area (Å²) in [6.45, 7) is 0. The number of aromatic nitrogens is 2. The summed E-state index contributed by atoms with van der Waals surface area (Å²) in [4.78, 5) is 0. The number of nitrogens with zero attached hydrogens (tertiary/aromatic N) is 4. The van der Waals surface area contributed by atoms with Crippen molar-refractivity contribution < 1.29 is 0 Å². The monoisotopic (exact) mass is 822 g/mol. The first-order chi connectivity index (χ1) is 30.7. The SMILES string of the molecule is N#Cc1c(-c2ccccc2)c(-n2c3ccccc3c3ccc4c5ccccc5sc4c32)c(C#N)c(-c2ccccc2)c1-n1c2ccccc2c2c3c(ccc21)sc1ccccc13. The second-order valence-corrected chi connectivity index (χ2v) is 17.9. The minimum atomic E-state index is 0.497. The van der Waals surface area contributed by atoms with Gasteiger partial charge in [-0.3, -0.25) is 0 Å². The van der Waals surface area contributed by atoms with Gasteiger partial charge in [0.25, 0.3) is 0 Å². The van der Waals surface area contributed by atoms with E-state index < -0.39 is 0 Å². The molecule has 0 unspecified atom stereocenters. The van der Waals surface area contributed by atoms with Gasteiger partial charge in [0.2, 0.25) is 0 Å². The maximum absolute atomic E-state index is 12.0. The van der Waals surface area contributed by atoms with E-state index >= 15 is 0 Å². The molecule has 0 spiro atoms. The third-order valence-electron chi connectivity index (χ3n) is 12.6. The molecule has 0 saturated heterocycles. The quantitative estimate of drug-likeness (QED) is 0.178. The highest BCUT2D eigenvalue weighted by atomic mass is 32.1. The van der Waals surface area contributed by atoms with Gasteiger partial charge in [0.05, 0.1) is 49.3 Å². The van der Waals surface area contributed by atoms with Gasteiger partial charge >= 0.3 is 0 Å². The summed E-state index contributed by atoms with van der Waals surface area (Å²) in [6.07, 6.45) is 0. The van der Waals surface area contributed by atoms with Crippen LogP contribution in [0.5, 0.6) is 0 Å². The van der Waals surface area contributed by atoms with Crippen molar-refractivity contribution in [2.45, 2.75) is 0 Å². The maximum Gasteiger partial charge on any atom is 0.102 e. The van der Waals surface area contributed by atoms with E-state index in [9.17, 15) is 10.5 Å². The van der Waals surface area contributed by atoms with Crippen molar-refractivity contribution in [3.63, 3.8) is 0 Å². The molecule has 0 aliphatic heterocycles. The van der Waals surface area contributed by atoms with Crippen LogP contribution >= 0.6 is 22.7 Å². The maximum atomic E-state index is 12.0. The zero-order chi connectivity index (χ0) is 41.1. The third-order valence-corrected chi connectivity index (χ3v) is 14.9. The molecule has 4 aromatic heterocycles. The van der Waals surface area contributed by atoms with Crippen LogP contribution in [0, 0.1) is 22.7 Å². The molecule has 0 fully saturated rings. The van der Waals surface area contributed by atoms with Gasteiger partial charge in [0, 0.05) is 68.3 Å². The number of benzene rings is 9. The second-order valence-electron chi connectivity index (χ2n) is 15.7. The minimum Gasteiger partial charge on any atom is -0.307 e. The fourth-order valence-corrected chi connectivity index (χ4v) is 12.5. The van der Waals surface area contributed by atoms with Crippen LogP contribution in [0.15, 0.2) is 182 Å². The van der Waals surface area contributed by atoms with E-state index in [0.717, 1.165) is 59.4 Å². The molecule has 13 rings (SSSR count). The average Bonchev–Trinajstić information content (AvgIpc) is 4.09. The number of nitriles is 2. The van der Waals surface area contributed by atoms with Gasteiger partial charge in [-0.1, -0.05) is 146 Å². The summed E-state index contributed by atoms with van der Waals surface area (Å²) < 4.78 is 9.35. The molecule has 0 atom stereocenters. The summed E-state index contributed by atoms with van der Waals surface area (Å²) in [5.74, 6) is 0. The zero-order valence-corrected chi connectivity index (χ0v) is 34.6. The van der Waals surface area contributed by atoms with Crippen LogP contribution in [0.2, 0.25) is 0 Å². The molecule has 0 saturated carbocycles. The molecule has 0 amide bonds. The summed E-state index contributed by atoms with van der Waals surface area (Å²) >= 11 is 3.58. The van der Waals surface area contributed by atoms with Gasteiger partial charge < -0.3 is 9.13 Å². The fraction of sp³-hybridized carbons (Fsp3) is 0. The number of hydrogen-bond donors (Lipinski definition) is 0. The Morgan fingerprint density at radius 3 is 1.53 bits per heavy atom. The van der Waals surface area contributed by atoms with E-state index in [4.69, 9.17) is 0 Å². The number of thiophene rings is 2. The number of rotatable bonds is 4. The first kappa shape index (κ1) is 34.8. The van der Waals surface area contributed by atoms with Gasteiger partial charge in [0.1, 0.15) is 12.1 Å². The van der Waals surface area contributed by atoms with E-state index in [1.54, 1.807) is 22.7 Å². The van der Waals surface area contributed by atoms with Gasteiger partial charge in [-0.2, -0.15) is 10.5 Å². The Bertz CT molecular complexity index is 4110. The lowest BCUT2D eigenvalue weighted by atomic mass is 9.86. The highest BCUT2D eigenvalue weighted by molar-refractivity contribution is 7.27. The zero-order valence-electron chi connectivity index (χ0n) is 32.9. The molecular formula is C56H30N4S2. The number of fused-ring (bicyclic) bond motifs is 14. The standard InChI is InChI=1S/C56H30N4S2/c57-31-41-50(34-17-5-2-6-18-34)54(60-43-23-11-7-19-35(43)37-27-28-38-36-20-9-13-25-46(36)62-56(38)55(37)60)42(32-58)49(33-15-3-1-4-16-33)53(41)59-44-24-12-8-21-39(44)51-45(59)29-30-48-52(51)40-22-10-14-26-47(40)61-48/h1-30H. The topological polar surface area (TPSA) is 57.4 Å². The number of hydrogen-bond acceptors (Lipinski definition) is 4. The van der Waals surface area contributed by atoms with E-state index in [1.807, 2.05) is 36.4 Å². The molecule has 0 N–H and O–H groups in total. The van der Waals surface area contributed by atoms with Gasteiger partial charge in [-0.05, 0) is 47.5 Å². The van der Waals surface area contributed by atoms with Crippen molar-refractivity contribution in [1.29, 1.82) is 10.5 Å². The van der Waals surface area contributed by atoms with Crippen molar-refractivity contribution in [2.24, 2.45) is 0 Å². The molecule has 0 aliphatic rings. The van der Waals surface area contributed by atoms with Crippen LogP contribution in [-0.4, -0.2) is 9.13 Å². The summed E-state index contributed by atoms with van der Waals surface area (Å²) in [7, 11) is 0. The summed E-state index contributed by atoms with van der Waals surface area (Å²) in [5.41, 5.74) is 9.48. The molecule has 13 aromatic rings. The Morgan fingerprint density at radius 2 is 0.871 bits per heavy atom. The third kappa shape index (κ3) is 4.68. The van der Waals surface area contributed by atoms with Crippen LogP contribution in [0.1, 0.15) is 11.1 Å². The van der Waals surface area contributed by atoms with Crippen molar-refractivity contribution in [1.82, 2.24) is 9.13 Å². The lowest BCUT2D eigenvalue weighted by Crippen LogP contribution is -2.11. The van der Waals surface area contributed by atoms with E-state index in [1.165, 1.54) is 35.6 Å². The molecule has 0 radical (unpaired) electrons. The molecule has 0 bridgehead atoms.